The van der Waals surface area contributed by atoms with E-state index in [9.17, 15) is 0 Å². The first-order chi connectivity index (χ1) is 10.5. The highest BCUT2D eigenvalue weighted by Gasteiger charge is 2.03. The van der Waals surface area contributed by atoms with Crippen LogP contribution in [-0.2, 0) is 0 Å². The Morgan fingerprint density at radius 2 is 0.773 bits per heavy atom. The molecule has 0 heterocycles. The van der Waals surface area contributed by atoms with Gasteiger partial charge in [-0.05, 0) is 107 Å². The van der Waals surface area contributed by atoms with Gasteiger partial charge in [-0.15, -0.1) is 0 Å². The molecular formula is C18H42N4. The van der Waals surface area contributed by atoms with Crippen LogP contribution in [0.25, 0.3) is 0 Å². The van der Waals surface area contributed by atoms with E-state index < -0.39 is 0 Å². The SMILES string of the molecule is CCCCN(C)CCCN(C)CCCN(C)CCCN(C)C. The van der Waals surface area contributed by atoms with Crippen LogP contribution in [-0.4, -0.2) is 101 Å². The Morgan fingerprint density at radius 1 is 0.455 bits per heavy atom. The van der Waals surface area contributed by atoms with Crippen molar-refractivity contribution in [2.24, 2.45) is 0 Å². The molecule has 0 rings (SSSR count). The fraction of sp³-hybridized carbons (Fsp3) is 1.00. The fourth-order valence-electron chi connectivity index (χ4n) is 2.64. The third-order valence-electron chi connectivity index (χ3n) is 4.20. The molecule has 4 nitrogen and oxygen atoms in total. The van der Waals surface area contributed by atoms with Crippen molar-refractivity contribution in [2.45, 2.75) is 39.0 Å². The molecule has 4 heteroatoms. The molecule has 0 unspecified atom stereocenters. The molecule has 0 fully saturated rings. The highest BCUT2D eigenvalue weighted by Crippen LogP contribution is 1.97. The Hall–Kier alpha value is -0.160. The second kappa shape index (κ2) is 14.4. The van der Waals surface area contributed by atoms with Crippen molar-refractivity contribution in [3.63, 3.8) is 0 Å². The second-order valence-corrected chi connectivity index (χ2v) is 7.13. The van der Waals surface area contributed by atoms with Crippen molar-refractivity contribution in [3.05, 3.63) is 0 Å². The Balaban J connectivity index is 3.46. The van der Waals surface area contributed by atoms with Crippen LogP contribution < -0.4 is 0 Å². The van der Waals surface area contributed by atoms with E-state index in [1.165, 1.54) is 77.9 Å². The normalized spacial score (nSPS) is 12.3. The van der Waals surface area contributed by atoms with Crippen LogP contribution in [0.1, 0.15) is 39.0 Å². The first-order valence-electron chi connectivity index (χ1n) is 9.16. The second-order valence-electron chi connectivity index (χ2n) is 7.13. The summed E-state index contributed by atoms with van der Waals surface area (Å²) < 4.78 is 0. The maximum Gasteiger partial charge on any atom is -0.000959 e. The molecule has 0 aliphatic heterocycles. The van der Waals surface area contributed by atoms with Gasteiger partial charge in [-0.25, -0.2) is 0 Å². The maximum absolute atomic E-state index is 2.49. The summed E-state index contributed by atoms with van der Waals surface area (Å²) in [6.45, 7) is 10.8. The van der Waals surface area contributed by atoms with Crippen molar-refractivity contribution in [1.82, 2.24) is 19.6 Å². The molecule has 0 saturated carbocycles. The molecule has 0 aliphatic carbocycles. The minimum atomic E-state index is 1.19. The van der Waals surface area contributed by atoms with Crippen molar-refractivity contribution in [3.8, 4) is 0 Å². The summed E-state index contributed by atoms with van der Waals surface area (Å²) in [7, 11) is 11.1. The third kappa shape index (κ3) is 14.8. The smallest absolute Gasteiger partial charge is 0.000959 e. The third-order valence-corrected chi connectivity index (χ3v) is 4.20. The van der Waals surface area contributed by atoms with Gasteiger partial charge >= 0.3 is 0 Å². The molecule has 134 valence electrons. The molecule has 0 aromatic heterocycles. The Morgan fingerprint density at radius 3 is 1.09 bits per heavy atom. The molecule has 22 heavy (non-hydrogen) atoms. The largest absolute Gasteiger partial charge is 0.309 e. The van der Waals surface area contributed by atoms with Crippen LogP contribution >= 0.6 is 0 Å². The molecule has 0 aliphatic rings. The van der Waals surface area contributed by atoms with Gasteiger partial charge in [-0.2, -0.15) is 0 Å². The van der Waals surface area contributed by atoms with Crippen LogP contribution in [0.15, 0.2) is 0 Å². The number of rotatable bonds is 15. The lowest BCUT2D eigenvalue weighted by Gasteiger charge is -2.22. The monoisotopic (exact) mass is 314 g/mol. The van der Waals surface area contributed by atoms with Crippen LogP contribution in [0.2, 0.25) is 0 Å². The molecule has 0 amide bonds. The maximum atomic E-state index is 2.49. The summed E-state index contributed by atoms with van der Waals surface area (Å²) in [5, 5.41) is 0. The lowest BCUT2D eigenvalue weighted by molar-refractivity contribution is 0.251. The van der Waals surface area contributed by atoms with Gasteiger partial charge < -0.3 is 19.6 Å². The molecule has 0 aromatic carbocycles. The van der Waals surface area contributed by atoms with E-state index in [0.29, 0.717) is 0 Å². The summed E-state index contributed by atoms with van der Waals surface area (Å²) in [6, 6.07) is 0. The summed E-state index contributed by atoms with van der Waals surface area (Å²) in [5.74, 6) is 0. The van der Waals surface area contributed by atoms with Gasteiger partial charge in [0.25, 0.3) is 0 Å². The van der Waals surface area contributed by atoms with Gasteiger partial charge in [-0.3, -0.25) is 0 Å². The van der Waals surface area contributed by atoms with E-state index >= 15 is 0 Å². The fourth-order valence-corrected chi connectivity index (χ4v) is 2.64. The first kappa shape index (κ1) is 21.8. The highest BCUT2D eigenvalue weighted by molar-refractivity contribution is 4.59. The van der Waals surface area contributed by atoms with E-state index in [2.05, 4.69) is 61.8 Å². The summed E-state index contributed by atoms with van der Waals surface area (Å²) in [4.78, 5) is 9.69. The van der Waals surface area contributed by atoms with Crippen molar-refractivity contribution in [2.75, 3.05) is 81.1 Å². The van der Waals surface area contributed by atoms with E-state index in [1.807, 2.05) is 0 Å². The minimum Gasteiger partial charge on any atom is -0.309 e. The molecule has 0 bridgehead atoms. The summed E-state index contributed by atoms with van der Waals surface area (Å²) in [6.07, 6.45) is 6.46. The van der Waals surface area contributed by atoms with E-state index in [1.54, 1.807) is 0 Å². The molecule has 0 aromatic rings. The first-order valence-corrected chi connectivity index (χ1v) is 9.16. The number of hydrogen-bond donors (Lipinski definition) is 0. The van der Waals surface area contributed by atoms with Crippen LogP contribution in [0.4, 0.5) is 0 Å². The Labute approximate surface area is 140 Å². The van der Waals surface area contributed by atoms with Gasteiger partial charge in [0.15, 0.2) is 0 Å². The van der Waals surface area contributed by atoms with Crippen LogP contribution in [0.5, 0.6) is 0 Å². The Kier molecular flexibility index (Phi) is 14.3. The van der Waals surface area contributed by atoms with Crippen molar-refractivity contribution >= 4 is 0 Å². The lowest BCUT2D eigenvalue weighted by Crippen LogP contribution is -2.29. The van der Waals surface area contributed by atoms with E-state index in [0.717, 1.165) is 0 Å². The molecule has 0 saturated heterocycles. The topological polar surface area (TPSA) is 13.0 Å². The zero-order chi connectivity index (χ0) is 16.8. The van der Waals surface area contributed by atoms with E-state index in [4.69, 9.17) is 0 Å². The van der Waals surface area contributed by atoms with Gasteiger partial charge in [0.1, 0.15) is 0 Å². The molecule has 0 spiro atoms. The number of nitrogens with zero attached hydrogens (tertiary/aromatic N) is 4. The predicted molar refractivity (Wildman–Crippen MR) is 99.8 cm³/mol. The van der Waals surface area contributed by atoms with Gasteiger partial charge in [0.05, 0.1) is 0 Å². The van der Waals surface area contributed by atoms with E-state index in [-0.39, 0.29) is 0 Å². The molecule has 0 N–H and O–H groups in total. The average molecular weight is 315 g/mol. The summed E-state index contributed by atoms with van der Waals surface area (Å²) >= 11 is 0. The summed E-state index contributed by atoms with van der Waals surface area (Å²) in [5.41, 5.74) is 0. The zero-order valence-electron chi connectivity index (χ0n) is 16.3. The number of unbranched alkanes of at least 4 members (excludes halogenated alkanes) is 1. The number of hydrogen-bond acceptors (Lipinski definition) is 4. The molecule has 0 radical (unpaired) electrons. The van der Waals surface area contributed by atoms with Crippen molar-refractivity contribution in [1.29, 1.82) is 0 Å². The highest BCUT2D eigenvalue weighted by atomic mass is 15.1. The zero-order valence-corrected chi connectivity index (χ0v) is 16.3. The lowest BCUT2D eigenvalue weighted by atomic mass is 10.3. The molecular weight excluding hydrogens is 272 g/mol. The standard InChI is InChI=1S/C18H42N4/c1-7-8-13-20(4)15-10-17-22(6)18-11-16-21(5)14-9-12-19(2)3/h7-18H2,1-6H3. The molecule has 0 atom stereocenters. The minimum absolute atomic E-state index is 1.19. The predicted octanol–water partition coefficient (Wildman–Crippen LogP) is 2.31. The van der Waals surface area contributed by atoms with Gasteiger partial charge in [0, 0.05) is 0 Å². The average Bonchev–Trinajstić information content (AvgIpc) is 2.44. The Bertz CT molecular complexity index is 233. The van der Waals surface area contributed by atoms with Gasteiger partial charge in [0.2, 0.25) is 0 Å². The van der Waals surface area contributed by atoms with Crippen LogP contribution in [0.3, 0.4) is 0 Å². The van der Waals surface area contributed by atoms with Crippen molar-refractivity contribution < 1.29 is 0 Å². The van der Waals surface area contributed by atoms with Crippen LogP contribution in [0, 0.1) is 0 Å². The van der Waals surface area contributed by atoms with Gasteiger partial charge in [-0.1, -0.05) is 13.3 Å². The quantitative estimate of drug-likeness (QED) is 0.460.